The second kappa shape index (κ2) is 5.73. The summed E-state index contributed by atoms with van der Waals surface area (Å²) in [5.41, 5.74) is 0. The topological polar surface area (TPSA) is 12.0 Å². The van der Waals surface area contributed by atoms with Gasteiger partial charge >= 0.3 is 51.4 Å². The number of hydrogen-bond acceptors (Lipinski definition) is 1. The van der Waals surface area contributed by atoms with Gasteiger partial charge in [0, 0.05) is 0 Å². The van der Waals surface area contributed by atoms with Gasteiger partial charge < -0.3 is 6.74 Å². The summed E-state index contributed by atoms with van der Waals surface area (Å²) in [5.74, 6) is 0. The summed E-state index contributed by atoms with van der Waals surface area (Å²) in [5, 5.41) is 3.28. The van der Waals surface area contributed by atoms with Gasteiger partial charge in [-0.15, -0.1) is 0 Å². The first-order valence-corrected chi connectivity index (χ1v) is 2.71. The van der Waals surface area contributed by atoms with E-state index in [4.69, 9.17) is 0 Å². The van der Waals surface area contributed by atoms with Crippen molar-refractivity contribution < 1.29 is 52.8 Å². The summed E-state index contributed by atoms with van der Waals surface area (Å²) < 4.78 is 0. The fourth-order valence-electron chi connectivity index (χ4n) is 0.802. The third-order valence-corrected chi connectivity index (χ3v) is 1.21. The summed E-state index contributed by atoms with van der Waals surface area (Å²) in [6.45, 7) is 2.50. The molecule has 1 aliphatic rings. The minimum Gasteiger partial charge on any atom is -1.00 e. The summed E-state index contributed by atoms with van der Waals surface area (Å²) >= 11 is 0. The Hall–Kier alpha value is 1.60. The predicted molar refractivity (Wildman–Crippen MR) is 27.8 cm³/mol. The zero-order valence-corrected chi connectivity index (χ0v) is 8.16. The van der Waals surface area contributed by atoms with E-state index in [0.717, 1.165) is 0 Å². The van der Waals surface area contributed by atoms with Gasteiger partial charge in [0.25, 0.3) is 0 Å². The molecule has 0 aromatic carbocycles. The van der Waals surface area contributed by atoms with Crippen LogP contribution in [0.15, 0.2) is 0 Å². The molecule has 1 rings (SSSR count). The molecule has 1 saturated heterocycles. The van der Waals surface area contributed by atoms with E-state index >= 15 is 0 Å². The van der Waals surface area contributed by atoms with Crippen molar-refractivity contribution in [3.8, 4) is 0 Å². The van der Waals surface area contributed by atoms with E-state index in [9.17, 15) is 0 Å². The van der Waals surface area contributed by atoms with Crippen LogP contribution in [0, 0.1) is 0 Å². The summed E-state index contributed by atoms with van der Waals surface area (Å²) in [6, 6.07) is 0. The van der Waals surface area contributed by atoms with Gasteiger partial charge in [0.05, 0.1) is 0 Å². The van der Waals surface area contributed by atoms with Gasteiger partial charge in [-0.3, -0.25) is 0 Å². The molecule has 0 spiro atoms. The largest absolute Gasteiger partial charge is 1.00 e. The zero-order valence-electron chi connectivity index (χ0n) is 6.04. The average molecular weight is 125 g/mol. The number of piperidine rings is 1. The van der Waals surface area contributed by atoms with Gasteiger partial charge in [-0.1, -0.05) is 6.42 Å². The molecular weight excluding hydrogens is 113 g/mol. The smallest absolute Gasteiger partial charge is 1.00 e. The van der Waals surface area contributed by atoms with Gasteiger partial charge in [-0.05, 0) is 25.9 Å². The van der Waals surface area contributed by atoms with Crippen molar-refractivity contribution in [1.82, 2.24) is 5.32 Å². The van der Waals surface area contributed by atoms with Crippen molar-refractivity contribution in [1.29, 1.82) is 0 Å². The minimum atomic E-state index is 0. The maximum Gasteiger partial charge on any atom is 1.00 e. The maximum absolute atomic E-state index is 3.28. The average Bonchev–Trinajstić information content (AvgIpc) is 1.72. The summed E-state index contributed by atoms with van der Waals surface area (Å²) in [6.07, 6.45) is 4.22. The van der Waals surface area contributed by atoms with Crippen molar-refractivity contribution in [3.63, 3.8) is 0 Å². The van der Waals surface area contributed by atoms with Crippen LogP contribution in [0.1, 0.15) is 20.7 Å². The van der Waals surface area contributed by atoms with Gasteiger partial charge in [0.15, 0.2) is 0 Å². The van der Waals surface area contributed by atoms with E-state index in [2.05, 4.69) is 5.32 Å². The van der Waals surface area contributed by atoms with E-state index in [0.29, 0.717) is 0 Å². The van der Waals surface area contributed by atoms with Crippen LogP contribution in [-0.4, -0.2) is 13.1 Å². The molecule has 1 fully saturated rings. The van der Waals surface area contributed by atoms with Crippen molar-refractivity contribution >= 4 is 0 Å². The van der Waals surface area contributed by atoms with Crippen LogP contribution in [0.4, 0.5) is 0 Å². The molecule has 0 amide bonds. The van der Waals surface area contributed by atoms with E-state index in [1.807, 2.05) is 0 Å². The Labute approximate surface area is 89.2 Å². The van der Waals surface area contributed by atoms with Crippen molar-refractivity contribution in [2.45, 2.75) is 19.3 Å². The molecule has 38 valence electrons. The molecule has 0 unspecified atom stereocenters. The van der Waals surface area contributed by atoms with Crippen LogP contribution in [-0.2, 0) is 0 Å². The summed E-state index contributed by atoms with van der Waals surface area (Å²) in [4.78, 5) is 0. The van der Waals surface area contributed by atoms with Crippen LogP contribution in [0.5, 0.6) is 0 Å². The molecule has 1 N–H and O–H groups in total. The molecule has 0 aromatic heterocycles. The Morgan fingerprint density at radius 3 is 1.71 bits per heavy atom. The Balaban J connectivity index is 0. The van der Waals surface area contributed by atoms with Crippen LogP contribution < -0.4 is 56.7 Å². The monoisotopic (exact) mass is 125 g/mol. The van der Waals surface area contributed by atoms with Gasteiger partial charge in [0.2, 0.25) is 0 Å². The SMILES string of the molecule is C1CCNCC1.[H-].[K+]. The van der Waals surface area contributed by atoms with E-state index in [-0.39, 0.29) is 52.8 Å². The maximum atomic E-state index is 3.28. The summed E-state index contributed by atoms with van der Waals surface area (Å²) in [7, 11) is 0. The fourth-order valence-corrected chi connectivity index (χ4v) is 0.802. The molecular formula is C5H12KN. The Kier molecular flexibility index (Phi) is 7.03. The molecule has 0 atom stereocenters. The second-order valence-electron chi connectivity index (χ2n) is 1.81. The number of rotatable bonds is 0. The molecule has 1 nitrogen and oxygen atoms in total. The Morgan fingerprint density at radius 2 is 1.57 bits per heavy atom. The number of hydrogen-bond donors (Lipinski definition) is 1. The van der Waals surface area contributed by atoms with Crippen LogP contribution in [0.3, 0.4) is 0 Å². The van der Waals surface area contributed by atoms with E-state index < -0.39 is 0 Å². The Bertz CT molecular complexity index is 27.9. The van der Waals surface area contributed by atoms with Crippen LogP contribution in [0.2, 0.25) is 0 Å². The van der Waals surface area contributed by atoms with E-state index in [1.54, 1.807) is 0 Å². The minimum absolute atomic E-state index is 0. The number of nitrogens with one attached hydrogen (secondary N) is 1. The molecule has 2 heteroatoms. The van der Waals surface area contributed by atoms with Crippen molar-refractivity contribution in [2.75, 3.05) is 13.1 Å². The van der Waals surface area contributed by atoms with Crippen molar-refractivity contribution in [2.24, 2.45) is 0 Å². The van der Waals surface area contributed by atoms with Gasteiger partial charge in [-0.25, -0.2) is 0 Å². The zero-order chi connectivity index (χ0) is 4.24. The molecule has 1 heterocycles. The van der Waals surface area contributed by atoms with Gasteiger partial charge in [0.1, 0.15) is 0 Å². The first kappa shape index (κ1) is 8.60. The van der Waals surface area contributed by atoms with Crippen molar-refractivity contribution in [3.05, 3.63) is 0 Å². The standard InChI is InChI=1S/C5H11N.K.H/c1-2-4-6-5-3-1;;/h6H,1-5H2;;/q;+1;-1. The molecule has 0 radical (unpaired) electrons. The molecule has 0 aliphatic carbocycles. The van der Waals surface area contributed by atoms with E-state index in [1.165, 1.54) is 32.4 Å². The Morgan fingerprint density at radius 1 is 1.00 bits per heavy atom. The normalized spacial score (nSPS) is 20.6. The molecule has 0 aromatic rings. The molecule has 1 aliphatic heterocycles. The fraction of sp³-hybridized carbons (Fsp3) is 1.00. The third kappa shape index (κ3) is 4.12. The van der Waals surface area contributed by atoms with Gasteiger partial charge in [-0.2, -0.15) is 0 Å². The first-order chi connectivity index (χ1) is 3.00. The predicted octanol–water partition coefficient (Wildman–Crippen LogP) is -2.12. The molecule has 0 saturated carbocycles. The van der Waals surface area contributed by atoms with Crippen LogP contribution in [0.25, 0.3) is 0 Å². The second-order valence-corrected chi connectivity index (χ2v) is 1.81. The first-order valence-electron chi connectivity index (χ1n) is 2.71. The quantitative estimate of drug-likeness (QED) is 0.365. The molecule has 7 heavy (non-hydrogen) atoms. The van der Waals surface area contributed by atoms with Crippen LogP contribution >= 0.6 is 0 Å². The third-order valence-electron chi connectivity index (χ3n) is 1.21. The molecule has 0 bridgehead atoms.